The van der Waals surface area contributed by atoms with Crippen molar-refractivity contribution in [2.24, 2.45) is 11.1 Å². The SMILES string of the molecule is NCCC(=O)c1ccc2c(c1)OCC1(CC1)CO2. The Hall–Kier alpha value is -1.55. The molecule has 0 saturated heterocycles. The van der Waals surface area contributed by atoms with Gasteiger partial charge in [-0.15, -0.1) is 0 Å². The molecule has 0 atom stereocenters. The first-order valence-corrected chi connectivity index (χ1v) is 6.35. The van der Waals surface area contributed by atoms with Gasteiger partial charge in [0.2, 0.25) is 0 Å². The average molecular weight is 247 g/mol. The van der Waals surface area contributed by atoms with E-state index in [4.69, 9.17) is 15.2 Å². The maximum atomic E-state index is 11.8. The monoisotopic (exact) mass is 247 g/mol. The first-order chi connectivity index (χ1) is 8.72. The number of nitrogens with two attached hydrogens (primary N) is 1. The largest absolute Gasteiger partial charge is 0.489 e. The third kappa shape index (κ3) is 2.08. The van der Waals surface area contributed by atoms with Gasteiger partial charge in [0.05, 0.1) is 13.2 Å². The quantitative estimate of drug-likeness (QED) is 0.827. The molecular weight excluding hydrogens is 230 g/mol. The predicted molar refractivity (Wildman–Crippen MR) is 67.1 cm³/mol. The van der Waals surface area contributed by atoms with E-state index >= 15 is 0 Å². The van der Waals surface area contributed by atoms with Gasteiger partial charge < -0.3 is 15.2 Å². The first kappa shape index (κ1) is 11.5. The van der Waals surface area contributed by atoms with Gasteiger partial charge in [-0.1, -0.05) is 0 Å². The number of carbonyl (C=O) groups excluding carboxylic acids is 1. The van der Waals surface area contributed by atoms with E-state index in [0.29, 0.717) is 30.9 Å². The third-order valence-electron chi connectivity index (χ3n) is 3.66. The number of Topliss-reactive ketones (excluding diaryl/α,β-unsaturated/α-hetero) is 1. The molecule has 1 aromatic carbocycles. The van der Waals surface area contributed by atoms with E-state index in [1.807, 2.05) is 6.07 Å². The van der Waals surface area contributed by atoms with Crippen molar-refractivity contribution >= 4 is 5.78 Å². The summed E-state index contributed by atoms with van der Waals surface area (Å²) >= 11 is 0. The van der Waals surface area contributed by atoms with Crippen LogP contribution in [0.4, 0.5) is 0 Å². The van der Waals surface area contributed by atoms with Crippen LogP contribution < -0.4 is 15.2 Å². The standard InChI is InChI=1S/C14H17NO3/c15-6-3-11(16)10-1-2-12-13(7-10)18-9-14(4-5-14)8-17-12/h1-2,7H,3-6,8-9,15H2. The number of rotatable bonds is 3. The molecule has 1 saturated carbocycles. The molecule has 1 fully saturated rings. The summed E-state index contributed by atoms with van der Waals surface area (Å²) in [5.41, 5.74) is 6.27. The zero-order chi connectivity index (χ0) is 12.6. The van der Waals surface area contributed by atoms with Crippen LogP contribution in [0.25, 0.3) is 0 Å². The maximum absolute atomic E-state index is 11.8. The molecule has 0 unspecified atom stereocenters. The van der Waals surface area contributed by atoms with E-state index in [1.54, 1.807) is 12.1 Å². The molecule has 1 aliphatic heterocycles. The van der Waals surface area contributed by atoms with Crippen LogP contribution in [0.15, 0.2) is 18.2 Å². The van der Waals surface area contributed by atoms with Crippen LogP contribution in [-0.4, -0.2) is 25.5 Å². The second-order valence-corrected chi connectivity index (χ2v) is 5.20. The second kappa shape index (κ2) is 4.28. The Bertz CT molecular complexity index is 480. The molecule has 1 heterocycles. The Kier molecular flexibility index (Phi) is 2.74. The smallest absolute Gasteiger partial charge is 0.164 e. The minimum Gasteiger partial charge on any atom is -0.489 e. The van der Waals surface area contributed by atoms with Crippen molar-refractivity contribution < 1.29 is 14.3 Å². The van der Waals surface area contributed by atoms with Gasteiger partial charge in [0.1, 0.15) is 0 Å². The van der Waals surface area contributed by atoms with Gasteiger partial charge in [-0.3, -0.25) is 4.79 Å². The number of ketones is 1. The van der Waals surface area contributed by atoms with E-state index in [-0.39, 0.29) is 11.2 Å². The molecule has 96 valence electrons. The van der Waals surface area contributed by atoms with Crippen LogP contribution in [-0.2, 0) is 0 Å². The molecule has 0 aromatic heterocycles. The van der Waals surface area contributed by atoms with Crippen molar-refractivity contribution in [3.8, 4) is 11.5 Å². The molecule has 3 rings (SSSR count). The lowest BCUT2D eigenvalue weighted by molar-refractivity contribution is 0.0985. The highest BCUT2D eigenvalue weighted by molar-refractivity contribution is 5.96. The summed E-state index contributed by atoms with van der Waals surface area (Å²) in [6.45, 7) is 1.78. The van der Waals surface area contributed by atoms with Crippen molar-refractivity contribution in [2.75, 3.05) is 19.8 Å². The van der Waals surface area contributed by atoms with Crippen molar-refractivity contribution in [2.45, 2.75) is 19.3 Å². The highest BCUT2D eigenvalue weighted by Crippen LogP contribution is 2.49. The molecular formula is C14H17NO3. The zero-order valence-corrected chi connectivity index (χ0v) is 10.3. The van der Waals surface area contributed by atoms with Crippen molar-refractivity contribution in [1.82, 2.24) is 0 Å². The fourth-order valence-corrected chi connectivity index (χ4v) is 2.16. The number of hydrogen-bond acceptors (Lipinski definition) is 4. The number of carbonyl (C=O) groups is 1. The van der Waals surface area contributed by atoms with Gasteiger partial charge in [0.25, 0.3) is 0 Å². The summed E-state index contributed by atoms with van der Waals surface area (Å²) in [5, 5.41) is 0. The van der Waals surface area contributed by atoms with Gasteiger partial charge >= 0.3 is 0 Å². The first-order valence-electron chi connectivity index (χ1n) is 6.35. The van der Waals surface area contributed by atoms with E-state index in [2.05, 4.69) is 0 Å². The Morgan fingerprint density at radius 3 is 2.61 bits per heavy atom. The van der Waals surface area contributed by atoms with E-state index in [1.165, 1.54) is 12.8 Å². The Morgan fingerprint density at radius 1 is 1.22 bits per heavy atom. The predicted octanol–water partition coefficient (Wildman–Crippen LogP) is 1.77. The Balaban J connectivity index is 1.82. The van der Waals surface area contributed by atoms with Gasteiger partial charge in [0.15, 0.2) is 17.3 Å². The molecule has 1 aromatic rings. The van der Waals surface area contributed by atoms with E-state index < -0.39 is 0 Å². The van der Waals surface area contributed by atoms with Gasteiger partial charge in [-0.25, -0.2) is 0 Å². The lowest BCUT2D eigenvalue weighted by Gasteiger charge is -2.09. The molecule has 0 amide bonds. The third-order valence-corrected chi connectivity index (χ3v) is 3.66. The molecule has 4 nitrogen and oxygen atoms in total. The number of ether oxygens (including phenoxy) is 2. The van der Waals surface area contributed by atoms with E-state index in [9.17, 15) is 4.79 Å². The number of fused-ring (bicyclic) bond motifs is 1. The number of hydrogen-bond donors (Lipinski definition) is 1. The van der Waals surface area contributed by atoms with Crippen LogP contribution in [0.1, 0.15) is 29.6 Å². The van der Waals surface area contributed by atoms with Crippen LogP contribution in [0.5, 0.6) is 11.5 Å². The average Bonchev–Trinajstić information content (AvgIpc) is 3.17. The molecule has 2 aliphatic rings. The fourth-order valence-electron chi connectivity index (χ4n) is 2.16. The molecule has 1 aliphatic carbocycles. The highest BCUT2D eigenvalue weighted by atomic mass is 16.5. The Labute approximate surface area is 106 Å². The van der Waals surface area contributed by atoms with Gasteiger partial charge in [-0.2, -0.15) is 0 Å². The number of benzene rings is 1. The normalized spacial score (nSPS) is 19.4. The minimum atomic E-state index is 0.0503. The van der Waals surface area contributed by atoms with Crippen molar-refractivity contribution in [3.63, 3.8) is 0 Å². The zero-order valence-electron chi connectivity index (χ0n) is 10.3. The summed E-state index contributed by atoms with van der Waals surface area (Å²) in [7, 11) is 0. The molecule has 4 heteroatoms. The summed E-state index contributed by atoms with van der Waals surface area (Å²) in [6.07, 6.45) is 2.70. The van der Waals surface area contributed by atoms with Crippen molar-refractivity contribution in [3.05, 3.63) is 23.8 Å². The minimum absolute atomic E-state index is 0.0503. The molecule has 1 spiro atoms. The van der Waals surface area contributed by atoms with Crippen LogP contribution >= 0.6 is 0 Å². The lowest BCUT2D eigenvalue weighted by atomic mass is 10.1. The molecule has 0 bridgehead atoms. The van der Waals surface area contributed by atoms with Gasteiger partial charge in [0, 0.05) is 17.4 Å². The molecule has 2 N–H and O–H groups in total. The topological polar surface area (TPSA) is 61.6 Å². The Morgan fingerprint density at radius 2 is 1.94 bits per heavy atom. The summed E-state index contributed by atoms with van der Waals surface area (Å²) in [4.78, 5) is 11.8. The van der Waals surface area contributed by atoms with Crippen molar-refractivity contribution in [1.29, 1.82) is 0 Å². The van der Waals surface area contributed by atoms with Crippen LogP contribution in [0.3, 0.4) is 0 Å². The summed E-state index contributed by atoms with van der Waals surface area (Å²) in [6, 6.07) is 5.38. The molecule has 18 heavy (non-hydrogen) atoms. The fraction of sp³-hybridized carbons (Fsp3) is 0.500. The summed E-state index contributed by atoms with van der Waals surface area (Å²) < 4.78 is 11.5. The maximum Gasteiger partial charge on any atom is 0.164 e. The second-order valence-electron chi connectivity index (χ2n) is 5.20. The summed E-state index contributed by atoms with van der Waals surface area (Å²) in [5.74, 6) is 1.47. The van der Waals surface area contributed by atoms with Crippen LogP contribution in [0.2, 0.25) is 0 Å². The van der Waals surface area contributed by atoms with Gasteiger partial charge in [-0.05, 0) is 37.6 Å². The molecule has 0 radical (unpaired) electrons. The highest BCUT2D eigenvalue weighted by Gasteiger charge is 2.46. The van der Waals surface area contributed by atoms with Crippen LogP contribution in [0, 0.1) is 5.41 Å². The lowest BCUT2D eigenvalue weighted by Crippen LogP contribution is -2.17. The van der Waals surface area contributed by atoms with E-state index in [0.717, 1.165) is 12.4 Å².